The van der Waals surface area contributed by atoms with E-state index in [-0.39, 0.29) is 48.2 Å². The summed E-state index contributed by atoms with van der Waals surface area (Å²) in [5.41, 5.74) is 4.41. The fourth-order valence-electron chi connectivity index (χ4n) is 8.51. The molecular weight excluding hydrogens is 806 g/mol. The van der Waals surface area contributed by atoms with Gasteiger partial charge in [-0.15, -0.1) is 0 Å². The maximum atomic E-state index is 12.6. The maximum absolute atomic E-state index is 12.6. The van der Waals surface area contributed by atoms with Gasteiger partial charge in [0.05, 0.1) is 21.6 Å². The minimum atomic E-state index is -3.46. The molecule has 0 saturated carbocycles. The lowest BCUT2D eigenvalue weighted by Gasteiger charge is -2.34. The zero-order valence-electron chi connectivity index (χ0n) is 34.7. The number of ether oxygens (including phenoxy) is 4. The van der Waals surface area contributed by atoms with Gasteiger partial charge >= 0.3 is 0 Å². The van der Waals surface area contributed by atoms with E-state index in [2.05, 4.69) is 27.8 Å². The van der Waals surface area contributed by atoms with Crippen LogP contribution in [0.4, 0.5) is 0 Å². The van der Waals surface area contributed by atoms with E-state index in [4.69, 9.17) is 30.5 Å². The summed E-state index contributed by atoms with van der Waals surface area (Å²) in [7, 11) is -3.46. The van der Waals surface area contributed by atoms with Gasteiger partial charge in [0.1, 0.15) is 49.0 Å². The van der Waals surface area contributed by atoms with Gasteiger partial charge < -0.3 is 29.0 Å². The lowest BCUT2D eigenvalue weighted by Crippen LogP contribution is -2.43. The molecule has 12 nitrogen and oxygen atoms in total. The van der Waals surface area contributed by atoms with Crippen molar-refractivity contribution in [2.45, 2.75) is 102 Å². The number of ketones is 2. The van der Waals surface area contributed by atoms with E-state index < -0.39 is 15.4 Å². The van der Waals surface area contributed by atoms with Crippen molar-refractivity contribution >= 4 is 33.0 Å². The van der Waals surface area contributed by atoms with Crippen molar-refractivity contribution in [2.75, 3.05) is 39.0 Å². The standard InChI is InChI=1S/C46H54ClN3O9S/c1-30(51)22-46(53)14-17-49(29-46)16-13-37-28-58-42-12-11-34(20-45(42)59-37)39-9-7-8-35(31(39)2)27-57-44-21-43(56-26-33-18-38(24-48-23-33)60(4,54)55)36(19-40(44)47)25-50-15-6-5-10-41(50)32(3)52/h7-9,11-12,18-21,23-24,37,41,53H,5-6,10,13-17,22,25-29H2,1-4H3/t37?,41-,46?/m0/s1. The van der Waals surface area contributed by atoms with Crippen LogP contribution in [0, 0.1) is 6.92 Å². The number of fused-ring (bicyclic) bond motifs is 1. The lowest BCUT2D eigenvalue weighted by molar-refractivity contribution is -0.123. The third-order valence-corrected chi connectivity index (χ3v) is 13.1. The number of Topliss-reactive ketones (excluding diaryl/α,β-unsaturated/α-hetero) is 2. The summed E-state index contributed by atoms with van der Waals surface area (Å²) in [6.45, 7) is 9.10. The predicted octanol–water partition coefficient (Wildman–Crippen LogP) is 7.16. The van der Waals surface area contributed by atoms with Gasteiger partial charge in [-0.25, -0.2) is 8.42 Å². The Bertz CT molecular complexity index is 2340. The summed E-state index contributed by atoms with van der Waals surface area (Å²) in [4.78, 5) is 32.8. The zero-order valence-corrected chi connectivity index (χ0v) is 36.3. The summed E-state index contributed by atoms with van der Waals surface area (Å²) in [5, 5.41) is 11.2. The molecule has 3 aliphatic heterocycles. The number of aromatic nitrogens is 1. The van der Waals surface area contributed by atoms with Crippen LogP contribution in [0.1, 0.15) is 74.6 Å². The number of benzene rings is 3. The molecule has 2 fully saturated rings. The van der Waals surface area contributed by atoms with Crippen LogP contribution in [-0.4, -0.2) is 96.7 Å². The Morgan fingerprint density at radius 1 is 0.983 bits per heavy atom. The van der Waals surface area contributed by atoms with Gasteiger partial charge in [-0.3, -0.25) is 19.5 Å². The first-order valence-corrected chi connectivity index (χ1v) is 22.8. The van der Waals surface area contributed by atoms with Crippen LogP contribution in [0.25, 0.3) is 11.1 Å². The number of halogens is 1. The van der Waals surface area contributed by atoms with Crippen LogP contribution in [0.15, 0.2) is 71.9 Å². The molecule has 14 heteroatoms. The van der Waals surface area contributed by atoms with E-state index in [0.717, 1.165) is 79.4 Å². The van der Waals surface area contributed by atoms with Gasteiger partial charge in [0.2, 0.25) is 0 Å². The monoisotopic (exact) mass is 859 g/mol. The highest BCUT2D eigenvalue weighted by Crippen LogP contribution is 2.39. The van der Waals surface area contributed by atoms with Crippen molar-refractivity contribution < 1.29 is 42.1 Å². The molecule has 4 heterocycles. The largest absolute Gasteiger partial charge is 0.488 e. The van der Waals surface area contributed by atoms with Crippen LogP contribution in [-0.2, 0) is 39.2 Å². The Kier molecular flexibility index (Phi) is 13.5. The van der Waals surface area contributed by atoms with Gasteiger partial charge in [-0.1, -0.05) is 42.3 Å². The Morgan fingerprint density at radius 3 is 2.58 bits per heavy atom. The molecule has 7 rings (SSSR count). The number of piperidine rings is 1. The van der Waals surface area contributed by atoms with Crippen molar-refractivity contribution in [3.05, 3.63) is 94.3 Å². The quantitative estimate of drug-likeness (QED) is 0.122. The second-order valence-corrected chi connectivity index (χ2v) is 19.0. The second kappa shape index (κ2) is 18.6. The first-order chi connectivity index (χ1) is 28.6. The molecule has 320 valence electrons. The van der Waals surface area contributed by atoms with Crippen LogP contribution in [0.3, 0.4) is 0 Å². The number of likely N-dealkylation sites (tertiary alicyclic amines) is 2. The van der Waals surface area contributed by atoms with Crippen molar-refractivity contribution in [1.29, 1.82) is 0 Å². The van der Waals surface area contributed by atoms with E-state index in [1.165, 1.54) is 13.1 Å². The van der Waals surface area contributed by atoms with Crippen LogP contribution < -0.4 is 18.9 Å². The third-order valence-electron chi connectivity index (χ3n) is 11.7. The summed E-state index contributed by atoms with van der Waals surface area (Å²) < 4.78 is 49.7. The Labute approximate surface area is 357 Å². The summed E-state index contributed by atoms with van der Waals surface area (Å²) in [6.07, 6.45) is 8.16. The van der Waals surface area contributed by atoms with Crippen molar-refractivity contribution in [2.24, 2.45) is 0 Å². The molecule has 2 unspecified atom stereocenters. The molecule has 1 aromatic heterocycles. The molecule has 0 amide bonds. The molecule has 2 saturated heterocycles. The Morgan fingerprint density at radius 2 is 1.80 bits per heavy atom. The number of aliphatic hydroxyl groups is 1. The average molecular weight is 860 g/mol. The number of carbonyl (C=O) groups excluding carboxylic acids is 2. The molecule has 4 aromatic rings. The topological polar surface area (TPSA) is 145 Å². The fourth-order valence-corrected chi connectivity index (χ4v) is 9.37. The fraction of sp³-hybridized carbons (Fsp3) is 0.457. The summed E-state index contributed by atoms with van der Waals surface area (Å²) in [5.74, 6) is 2.44. The first kappa shape index (κ1) is 43.6. The molecule has 0 radical (unpaired) electrons. The number of nitrogens with zero attached hydrogens (tertiary/aromatic N) is 3. The number of rotatable bonds is 16. The second-order valence-electron chi connectivity index (χ2n) is 16.6. The normalized spacial score (nSPS) is 20.8. The molecule has 3 atom stereocenters. The van der Waals surface area contributed by atoms with Crippen LogP contribution in [0.2, 0.25) is 5.02 Å². The van der Waals surface area contributed by atoms with Crippen LogP contribution in [0.5, 0.6) is 23.0 Å². The summed E-state index contributed by atoms with van der Waals surface area (Å²) in [6, 6.07) is 17.0. The van der Waals surface area contributed by atoms with Gasteiger partial charge in [0, 0.05) is 74.9 Å². The van der Waals surface area contributed by atoms with E-state index in [0.29, 0.717) is 59.7 Å². The van der Waals surface area contributed by atoms with Gasteiger partial charge in [0.25, 0.3) is 0 Å². The SMILES string of the molecule is CC(=O)CC1(O)CCN(CCC2COc3ccc(-c4cccc(COc5cc(OCc6cncc(S(C)(=O)=O)c6)c(CN6CCCC[C@H]6C(C)=O)cc5Cl)c4C)cc3O2)C1. The third kappa shape index (κ3) is 10.7. The number of β-amino-alcohol motifs (C(OH)–C–C–N with tert-alkyl or cyclic N) is 1. The molecule has 3 aliphatic rings. The number of pyridine rings is 1. The van der Waals surface area contributed by atoms with Crippen molar-refractivity contribution in [3.63, 3.8) is 0 Å². The first-order valence-electron chi connectivity index (χ1n) is 20.6. The van der Waals surface area contributed by atoms with E-state index in [9.17, 15) is 23.1 Å². The molecule has 3 aromatic carbocycles. The molecular formula is C46H54ClN3O9S. The van der Waals surface area contributed by atoms with Gasteiger partial charge in [-0.05, 0) is 93.1 Å². The minimum absolute atomic E-state index is 0.000461. The van der Waals surface area contributed by atoms with Crippen molar-refractivity contribution in [3.8, 4) is 34.1 Å². The lowest BCUT2D eigenvalue weighted by atomic mass is 9.96. The van der Waals surface area contributed by atoms with E-state index in [1.807, 2.05) is 36.4 Å². The number of carbonyl (C=O) groups is 2. The number of sulfone groups is 1. The van der Waals surface area contributed by atoms with Gasteiger partial charge in [-0.2, -0.15) is 0 Å². The van der Waals surface area contributed by atoms with Gasteiger partial charge in [0.15, 0.2) is 21.3 Å². The molecule has 1 N–H and O–H groups in total. The van der Waals surface area contributed by atoms with Crippen LogP contribution >= 0.6 is 11.6 Å². The Hall–Kier alpha value is -4.53. The van der Waals surface area contributed by atoms with E-state index in [1.54, 1.807) is 25.3 Å². The summed E-state index contributed by atoms with van der Waals surface area (Å²) >= 11 is 6.91. The Balaban J connectivity index is 1.06. The maximum Gasteiger partial charge on any atom is 0.177 e. The highest BCUT2D eigenvalue weighted by Gasteiger charge is 2.37. The highest BCUT2D eigenvalue weighted by atomic mass is 35.5. The smallest absolute Gasteiger partial charge is 0.177 e. The minimum Gasteiger partial charge on any atom is -0.488 e. The molecule has 60 heavy (non-hydrogen) atoms. The molecule has 0 bridgehead atoms. The number of hydrogen-bond acceptors (Lipinski definition) is 12. The number of hydrogen-bond donors (Lipinski definition) is 1. The molecule has 0 spiro atoms. The molecule has 0 aliphatic carbocycles. The average Bonchev–Trinajstić information content (AvgIpc) is 3.58. The predicted molar refractivity (Wildman–Crippen MR) is 229 cm³/mol. The van der Waals surface area contributed by atoms with Crippen molar-refractivity contribution in [1.82, 2.24) is 14.8 Å². The highest BCUT2D eigenvalue weighted by molar-refractivity contribution is 7.90. The zero-order chi connectivity index (χ0) is 42.6. The van der Waals surface area contributed by atoms with E-state index >= 15 is 0 Å².